The highest BCUT2D eigenvalue weighted by Gasteiger charge is 2.36. The van der Waals surface area contributed by atoms with Crippen molar-refractivity contribution in [3.05, 3.63) is 76.6 Å². The number of ether oxygens (including phenoxy) is 2. The summed E-state index contributed by atoms with van der Waals surface area (Å²) in [6.07, 6.45) is -4.79. The molecule has 1 fully saturated rings. The average Bonchev–Trinajstić information content (AvgIpc) is 3.24. The minimum absolute atomic E-state index is 0.00768. The molecular weight excluding hydrogens is 523 g/mol. The zero-order valence-corrected chi connectivity index (χ0v) is 21.0. The second-order valence-electron chi connectivity index (χ2n) is 8.70. The molecule has 0 radical (unpaired) electrons. The summed E-state index contributed by atoms with van der Waals surface area (Å²) in [5, 5.41) is 6.30. The molecule has 0 atom stereocenters. The van der Waals surface area contributed by atoms with Crippen molar-refractivity contribution in [3.8, 4) is 17.0 Å². The smallest absolute Gasteiger partial charge is 0.433 e. The van der Waals surface area contributed by atoms with Crippen LogP contribution in [0.5, 0.6) is 5.75 Å². The van der Waals surface area contributed by atoms with E-state index in [9.17, 15) is 18.0 Å². The molecule has 2 aromatic carbocycles. The van der Waals surface area contributed by atoms with Gasteiger partial charge in [0.15, 0.2) is 17.0 Å². The van der Waals surface area contributed by atoms with Crippen LogP contribution in [0.25, 0.3) is 16.9 Å². The fourth-order valence-corrected chi connectivity index (χ4v) is 4.47. The predicted octanol–water partition coefficient (Wildman–Crippen LogP) is 5.16. The number of rotatable bonds is 6. The first kappa shape index (κ1) is 26.0. The maximum absolute atomic E-state index is 14.0. The van der Waals surface area contributed by atoms with E-state index in [1.165, 1.54) is 7.11 Å². The Hall–Kier alpha value is -3.67. The van der Waals surface area contributed by atoms with E-state index in [0.717, 1.165) is 24.7 Å². The maximum atomic E-state index is 14.0. The third-order valence-corrected chi connectivity index (χ3v) is 6.45. The van der Waals surface area contributed by atoms with Crippen molar-refractivity contribution in [3.63, 3.8) is 0 Å². The van der Waals surface area contributed by atoms with Crippen molar-refractivity contribution >= 4 is 28.8 Å². The topological polar surface area (TPSA) is 81.0 Å². The molecule has 12 heteroatoms. The van der Waals surface area contributed by atoms with Gasteiger partial charge in [0.05, 0.1) is 26.0 Å². The zero-order chi connectivity index (χ0) is 26.9. The number of hydrogen-bond donors (Lipinski definition) is 1. The van der Waals surface area contributed by atoms with E-state index in [1.807, 2.05) is 6.07 Å². The molecule has 1 aliphatic rings. The number of amides is 1. The summed E-state index contributed by atoms with van der Waals surface area (Å²) < 4.78 is 53.1. The summed E-state index contributed by atoms with van der Waals surface area (Å²) in [5.74, 6) is -0.298. The molecule has 0 spiro atoms. The van der Waals surface area contributed by atoms with Crippen LogP contribution in [0.1, 0.15) is 21.7 Å². The average molecular weight is 546 g/mol. The van der Waals surface area contributed by atoms with E-state index in [-0.39, 0.29) is 22.1 Å². The van der Waals surface area contributed by atoms with Crippen molar-refractivity contribution in [2.45, 2.75) is 12.7 Å². The summed E-state index contributed by atoms with van der Waals surface area (Å²) in [4.78, 5) is 19.6. The van der Waals surface area contributed by atoms with Crippen molar-refractivity contribution in [1.29, 1.82) is 0 Å². The first-order valence-corrected chi connectivity index (χ1v) is 12.1. The largest absolute Gasteiger partial charge is 0.497 e. The fourth-order valence-electron chi connectivity index (χ4n) is 4.22. The lowest BCUT2D eigenvalue weighted by molar-refractivity contribution is -0.142. The van der Waals surface area contributed by atoms with Gasteiger partial charge >= 0.3 is 6.18 Å². The third kappa shape index (κ3) is 5.45. The Balaban J connectivity index is 1.47. The van der Waals surface area contributed by atoms with Crippen LogP contribution in [0.4, 0.5) is 18.9 Å². The number of benzene rings is 2. The number of anilines is 1. The molecule has 2 aromatic heterocycles. The molecule has 0 unspecified atom stereocenters. The summed E-state index contributed by atoms with van der Waals surface area (Å²) in [6.45, 7) is 3.61. The van der Waals surface area contributed by atoms with Crippen LogP contribution in [0.15, 0.2) is 54.6 Å². The van der Waals surface area contributed by atoms with Crippen molar-refractivity contribution in [2.75, 3.05) is 38.7 Å². The predicted molar refractivity (Wildman–Crippen MR) is 135 cm³/mol. The SMILES string of the molecule is COc1cccc(-c2cc(C(F)(F)F)n3nc(C(=O)Nc4cccc(CN5CCOCC5)c4)c(Cl)c3n2)c1. The molecule has 1 aliphatic heterocycles. The number of aromatic nitrogens is 3. The number of nitrogens with one attached hydrogen (secondary N) is 1. The molecule has 0 aliphatic carbocycles. The lowest BCUT2D eigenvalue weighted by Crippen LogP contribution is -2.35. The van der Waals surface area contributed by atoms with Crippen molar-refractivity contribution < 1.29 is 27.4 Å². The van der Waals surface area contributed by atoms with Gasteiger partial charge in [0.1, 0.15) is 10.8 Å². The van der Waals surface area contributed by atoms with Gasteiger partial charge in [-0.3, -0.25) is 9.69 Å². The normalized spacial score (nSPS) is 14.6. The summed E-state index contributed by atoms with van der Waals surface area (Å²) in [7, 11) is 1.45. The number of morpholine rings is 1. The monoisotopic (exact) mass is 545 g/mol. The zero-order valence-electron chi connectivity index (χ0n) is 20.3. The van der Waals surface area contributed by atoms with Crippen LogP contribution >= 0.6 is 11.6 Å². The molecule has 1 N–H and O–H groups in total. The molecule has 198 valence electrons. The van der Waals surface area contributed by atoms with Crippen LogP contribution in [0.2, 0.25) is 5.02 Å². The number of methoxy groups -OCH3 is 1. The van der Waals surface area contributed by atoms with Gasteiger partial charge in [-0.1, -0.05) is 35.9 Å². The minimum Gasteiger partial charge on any atom is -0.497 e. The van der Waals surface area contributed by atoms with Crippen molar-refractivity contribution in [1.82, 2.24) is 19.5 Å². The van der Waals surface area contributed by atoms with E-state index in [0.29, 0.717) is 41.3 Å². The van der Waals surface area contributed by atoms with Gasteiger partial charge in [0, 0.05) is 30.9 Å². The number of nitrogens with zero attached hydrogens (tertiary/aromatic N) is 4. The maximum Gasteiger partial charge on any atom is 0.433 e. The van der Waals surface area contributed by atoms with Gasteiger partial charge < -0.3 is 14.8 Å². The minimum atomic E-state index is -4.79. The molecule has 5 rings (SSSR count). The van der Waals surface area contributed by atoms with Crippen molar-refractivity contribution in [2.24, 2.45) is 0 Å². The molecule has 4 aromatic rings. The Morgan fingerprint density at radius 1 is 1.13 bits per heavy atom. The second-order valence-corrected chi connectivity index (χ2v) is 9.08. The van der Waals surface area contributed by atoms with E-state index in [2.05, 4.69) is 20.3 Å². The molecule has 38 heavy (non-hydrogen) atoms. The van der Waals surface area contributed by atoms with Crippen LogP contribution in [-0.2, 0) is 17.5 Å². The number of fused-ring (bicyclic) bond motifs is 1. The van der Waals surface area contributed by atoms with Gasteiger partial charge in [0.2, 0.25) is 0 Å². The number of hydrogen-bond acceptors (Lipinski definition) is 6. The highest BCUT2D eigenvalue weighted by molar-refractivity contribution is 6.37. The summed E-state index contributed by atoms with van der Waals surface area (Å²) in [6, 6.07) is 14.5. The van der Waals surface area contributed by atoms with Crippen LogP contribution in [0.3, 0.4) is 0 Å². The molecular formula is C26H23ClF3N5O3. The molecule has 0 bridgehead atoms. The first-order valence-electron chi connectivity index (χ1n) is 11.7. The summed E-state index contributed by atoms with van der Waals surface area (Å²) in [5.41, 5.74) is 0.0565. The third-order valence-electron chi connectivity index (χ3n) is 6.10. The number of halogens is 4. The van der Waals surface area contributed by atoms with E-state index in [1.54, 1.807) is 42.5 Å². The quantitative estimate of drug-likeness (QED) is 0.360. The van der Waals surface area contributed by atoms with Gasteiger partial charge in [-0.15, -0.1) is 0 Å². The Labute approximate surface area is 220 Å². The highest BCUT2D eigenvalue weighted by Crippen LogP contribution is 2.35. The summed E-state index contributed by atoms with van der Waals surface area (Å²) >= 11 is 6.40. The van der Waals surface area contributed by atoms with Gasteiger partial charge in [-0.05, 0) is 35.9 Å². The van der Waals surface area contributed by atoms with E-state index < -0.39 is 17.8 Å². The molecule has 1 saturated heterocycles. The van der Waals surface area contributed by atoms with Gasteiger partial charge in [-0.2, -0.15) is 18.3 Å². The number of carbonyl (C=O) groups is 1. The molecule has 8 nitrogen and oxygen atoms in total. The molecule has 1 amide bonds. The number of alkyl halides is 3. The van der Waals surface area contributed by atoms with Crippen LogP contribution < -0.4 is 10.1 Å². The molecule has 0 saturated carbocycles. The Kier molecular flexibility index (Phi) is 7.24. The van der Waals surface area contributed by atoms with Crippen LogP contribution in [0, 0.1) is 0 Å². The highest BCUT2D eigenvalue weighted by atomic mass is 35.5. The second kappa shape index (κ2) is 10.6. The van der Waals surface area contributed by atoms with E-state index in [4.69, 9.17) is 21.1 Å². The van der Waals surface area contributed by atoms with Crippen LogP contribution in [-0.4, -0.2) is 58.8 Å². The fraction of sp³-hybridized carbons (Fsp3) is 0.269. The molecule has 3 heterocycles. The standard InChI is InChI=1S/C26H23ClF3N5O3/c1-37-19-7-3-5-17(13-19)20-14-21(26(28,29)30)35-24(32-20)22(27)23(33-35)25(36)31-18-6-2-4-16(12-18)15-34-8-10-38-11-9-34/h2-7,12-14H,8-11,15H2,1H3,(H,31,36). The number of carbonyl (C=O) groups excluding carboxylic acids is 1. The van der Waals surface area contributed by atoms with E-state index >= 15 is 0 Å². The Morgan fingerprint density at radius 2 is 1.89 bits per heavy atom. The Morgan fingerprint density at radius 3 is 2.63 bits per heavy atom. The lowest BCUT2D eigenvalue weighted by Gasteiger charge is -2.26. The lowest BCUT2D eigenvalue weighted by atomic mass is 10.1. The van der Waals surface area contributed by atoms with Gasteiger partial charge in [-0.25, -0.2) is 9.50 Å². The Bertz CT molecular complexity index is 1490. The van der Waals surface area contributed by atoms with Gasteiger partial charge in [0.25, 0.3) is 5.91 Å². The first-order chi connectivity index (χ1) is 18.2.